The summed E-state index contributed by atoms with van der Waals surface area (Å²) in [6.07, 6.45) is 0.784. The van der Waals surface area contributed by atoms with Crippen LogP contribution in [0.5, 0.6) is 0 Å². The molecule has 0 aliphatic carbocycles. The Morgan fingerprint density at radius 2 is 2.25 bits per heavy atom. The third-order valence-corrected chi connectivity index (χ3v) is 2.49. The molecule has 2 unspecified atom stereocenters. The molecule has 1 heterocycles. The van der Waals surface area contributed by atoms with Crippen LogP contribution in [0.15, 0.2) is 0 Å². The predicted octanol–water partition coefficient (Wildman–Crippen LogP) is -0.142. The Bertz CT molecular complexity index is 221. The number of ether oxygens (including phenoxy) is 2. The molecule has 1 amide bonds. The maximum Gasteiger partial charge on any atom is 0.224 e. The quantitative estimate of drug-likeness (QED) is 0.668. The molecule has 1 fully saturated rings. The summed E-state index contributed by atoms with van der Waals surface area (Å²) in [5.74, 6) is 0.0936. The Kier molecular flexibility index (Phi) is 5.73. The lowest BCUT2D eigenvalue weighted by Gasteiger charge is -2.28. The average molecular weight is 230 g/mol. The molecule has 1 rings (SSSR count). The fourth-order valence-corrected chi connectivity index (χ4v) is 1.57. The maximum absolute atomic E-state index is 11.2. The zero-order valence-corrected chi connectivity index (χ0v) is 10.4. The van der Waals surface area contributed by atoms with Crippen LogP contribution in [-0.4, -0.2) is 63.4 Å². The van der Waals surface area contributed by atoms with Crippen molar-refractivity contribution in [3.8, 4) is 0 Å². The molecule has 0 radical (unpaired) electrons. The van der Waals surface area contributed by atoms with E-state index in [1.54, 1.807) is 19.0 Å². The van der Waals surface area contributed by atoms with Crippen LogP contribution in [0.2, 0.25) is 0 Å². The molecule has 0 saturated carbocycles. The van der Waals surface area contributed by atoms with Gasteiger partial charge in [-0.15, -0.1) is 0 Å². The molecule has 5 heteroatoms. The summed E-state index contributed by atoms with van der Waals surface area (Å²) in [6, 6.07) is 0. The second kappa shape index (κ2) is 6.83. The minimum Gasteiger partial charge on any atom is -0.378 e. The second-order valence-corrected chi connectivity index (χ2v) is 4.34. The van der Waals surface area contributed by atoms with Crippen molar-refractivity contribution < 1.29 is 14.3 Å². The number of morpholine rings is 1. The maximum atomic E-state index is 11.2. The fraction of sp³-hybridized carbons (Fsp3) is 0.909. The summed E-state index contributed by atoms with van der Waals surface area (Å²) in [5, 5.41) is 3.27. The van der Waals surface area contributed by atoms with Crippen LogP contribution >= 0.6 is 0 Å². The fourth-order valence-electron chi connectivity index (χ4n) is 1.57. The molecule has 0 bridgehead atoms. The largest absolute Gasteiger partial charge is 0.378 e. The molecule has 0 spiro atoms. The molecule has 2 atom stereocenters. The molecule has 1 aliphatic rings. The van der Waals surface area contributed by atoms with E-state index in [-0.39, 0.29) is 18.1 Å². The third-order valence-electron chi connectivity index (χ3n) is 2.49. The van der Waals surface area contributed by atoms with Crippen LogP contribution in [0.25, 0.3) is 0 Å². The first-order valence-electron chi connectivity index (χ1n) is 5.73. The predicted molar refractivity (Wildman–Crippen MR) is 61.3 cm³/mol. The van der Waals surface area contributed by atoms with Gasteiger partial charge in [-0.25, -0.2) is 0 Å². The van der Waals surface area contributed by atoms with Gasteiger partial charge in [-0.05, 0) is 6.92 Å². The number of carbonyl (C=O) groups excluding carboxylic acids is 1. The minimum absolute atomic E-state index is 0.0936. The van der Waals surface area contributed by atoms with Crippen LogP contribution in [-0.2, 0) is 14.3 Å². The van der Waals surface area contributed by atoms with Crippen LogP contribution < -0.4 is 5.32 Å². The van der Waals surface area contributed by atoms with E-state index in [2.05, 4.69) is 5.32 Å². The number of nitrogens with one attached hydrogen (secondary N) is 1. The van der Waals surface area contributed by atoms with Gasteiger partial charge in [-0.2, -0.15) is 0 Å². The highest BCUT2D eigenvalue weighted by Gasteiger charge is 2.18. The van der Waals surface area contributed by atoms with Gasteiger partial charge in [0.05, 0.1) is 31.8 Å². The minimum atomic E-state index is 0.0936. The van der Waals surface area contributed by atoms with Gasteiger partial charge in [-0.1, -0.05) is 0 Å². The van der Waals surface area contributed by atoms with E-state index in [9.17, 15) is 4.79 Å². The molecule has 1 saturated heterocycles. The van der Waals surface area contributed by atoms with Gasteiger partial charge < -0.3 is 19.7 Å². The zero-order valence-electron chi connectivity index (χ0n) is 10.4. The van der Waals surface area contributed by atoms with Crippen molar-refractivity contribution in [3.63, 3.8) is 0 Å². The molecule has 5 nitrogen and oxygen atoms in total. The molecule has 16 heavy (non-hydrogen) atoms. The van der Waals surface area contributed by atoms with Crippen molar-refractivity contribution >= 4 is 5.91 Å². The molecule has 0 aromatic rings. The Balaban J connectivity index is 2.04. The van der Waals surface area contributed by atoms with E-state index in [1.807, 2.05) is 6.92 Å². The monoisotopic (exact) mass is 230 g/mol. The van der Waals surface area contributed by atoms with Gasteiger partial charge in [0.15, 0.2) is 0 Å². The van der Waals surface area contributed by atoms with E-state index in [4.69, 9.17) is 9.47 Å². The second-order valence-electron chi connectivity index (χ2n) is 4.34. The van der Waals surface area contributed by atoms with Crippen molar-refractivity contribution in [2.45, 2.75) is 25.6 Å². The van der Waals surface area contributed by atoms with E-state index in [1.165, 1.54) is 0 Å². The van der Waals surface area contributed by atoms with Gasteiger partial charge in [0, 0.05) is 27.2 Å². The van der Waals surface area contributed by atoms with Crippen LogP contribution in [0.1, 0.15) is 13.3 Å². The van der Waals surface area contributed by atoms with Crippen LogP contribution in [0.3, 0.4) is 0 Å². The summed E-state index contributed by atoms with van der Waals surface area (Å²) >= 11 is 0. The van der Waals surface area contributed by atoms with Crippen molar-refractivity contribution in [3.05, 3.63) is 0 Å². The summed E-state index contributed by atoms with van der Waals surface area (Å²) in [4.78, 5) is 12.8. The number of rotatable bonds is 5. The molecular weight excluding hydrogens is 208 g/mol. The Hall–Kier alpha value is -0.650. The normalized spacial score (nSPS) is 25.4. The molecular formula is C11H22N2O3. The van der Waals surface area contributed by atoms with Gasteiger partial charge in [-0.3, -0.25) is 4.79 Å². The Morgan fingerprint density at radius 1 is 1.50 bits per heavy atom. The third kappa shape index (κ3) is 4.92. The smallest absolute Gasteiger partial charge is 0.224 e. The lowest BCUT2D eigenvalue weighted by Crippen LogP contribution is -2.45. The first-order valence-corrected chi connectivity index (χ1v) is 5.73. The van der Waals surface area contributed by atoms with E-state index in [0.717, 1.165) is 13.1 Å². The molecule has 1 aliphatic heterocycles. The summed E-state index contributed by atoms with van der Waals surface area (Å²) in [6.45, 7) is 4.78. The molecule has 0 aromatic carbocycles. The van der Waals surface area contributed by atoms with E-state index in [0.29, 0.717) is 19.6 Å². The summed E-state index contributed by atoms with van der Waals surface area (Å²) in [7, 11) is 3.50. The van der Waals surface area contributed by atoms with Gasteiger partial charge >= 0.3 is 0 Å². The highest BCUT2D eigenvalue weighted by Crippen LogP contribution is 2.03. The zero-order chi connectivity index (χ0) is 12.0. The first-order chi connectivity index (χ1) is 7.59. The van der Waals surface area contributed by atoms with Crippen molar-refractivity contribution in [1.82, 2.24) is 10.2 Å². The lowest BCUT2D eigenvalue weighted by molar-refractivity contribution is -0.130. The average Bonchev–Trinajstić information content (AvgIpc) is 2.24. The first kappa shape index (κ1) is 13.4. The van der Waals surface area contributed by atoms with Crippen molar-refractivity contribution in [2.24, 2.45) is 0 Å². The van der Waals surface area contributed by atoms with Crippen molar-refractivity contribution in [2.75, 3.05) is 40.4 Å². The van der Waals surface area contributed by atoms with Gasteiger partial charge in [0.1, 0.15) is 0 Å². The molecule has 0 aromatic heterocycles. The van der Waals surface area contributed by atoms with Crippen LogP contribution in [0.4, 0.5) is 0 Å². The lowest BCUT2D eigenvalue weighted by atomic mass is 10.2. The van der Waals surface area contributed by atoms with Crippen molar-refractivity contribution in [1.29, 1.82) is 0 Å². The van der Waals surface area contributed by atoms with E-state index >= 15 is 0 Å². The van der Waals surface area contributed by atoms with Gasteiger partial charge in [0.25, 0.3) is 0 Å². The van der Waals surface area contributed by atoms with E-state index < -0.39 is 0 Å². The summed E-state index contributed by atoms with van der Waals surface area (Å²) in [5.41, 5.74) is 0. The Labute approximate surface area is 97.1 Å². The number of hydrogen-bond acceptors (Lipinski definition) is 4. The standard InChI is InChI=1S/C11H22N2O3/c1-9-6-12-7-10(16-9)8-15-5-4-11(14)13(2)3/h9-10,12H,4-8H2,1-3H3. The molecule has 1 N–H and O–H groups in total. The van der Waals surface area contributed by atoms with Crippen LogP contribution in [0, 0.1) is 0 Å². The number of nitrogens with zero attached hydrogens (tertiary/aromatic N) is 1. The number of hydrogen-bond donors (Lipinski definition) is 1. The topological polar surface area (TPSA) is 50.8 Å². The Morgan fingerprint density at radius 3 is 2.88 bits per heavy atom. The highest BCUT2D eigenvalue weighted by atomic mass is 16.5. The SMILES string of the molecule is CC1CNCC(COCCC(=O)N(C)C)O1. The van der Waals surface area contributed by atoms with Gasteiger partial charge in [0.2, 0.25) is 5.91 Å². The highest BCUT2D eigenvalue weighted by molar-refractivity contribution is 5.75. The molecule has 94 valence electrons. The summed E-state index contributed by atoms with van der Waals surface area (Å²) < 4.78 is 11.1. The number of amides is 1. The number of carbonyl (C=O) groups is 1.